The van der Waals surface area contributed by atoms with Crippen LogP contribution >= 0.6 is 11.6 Å². The highest BCUT2D eigenvalue weighted by Crippen LogP contribution is 2.26. The summed E-state index contributed by atoms with van der Waals surface area (Å²) < 4.78 is 12.2. The Hall–Kier alpha value is -3.26. The van der Waals surface area contributed by atoms with Gasteiger partial charge in [-0.05, 0) is 37.3 Å². The molecule has 1 fully saturated rings. The van der Waals surface area contributed by atoms with Crippen molar-refractivity contribution >= 4 is 23.6 Å². The Bertz CT molecular complexity index is 1040. The topological polar surface area (TPSA) is 80.8 Å². The minimum Gasteiger partial charge on any atom is -0.463 e. The van der Waals surface area contributed by atoms with Gasteiger partial charge in [-0.15, -0.1) is 0 Å². The summed E-state index contributed by atoms with van der Waals surface area (Å²) in [6.07, 6.45) is 1.22. The number of piperazine rings is 1. The summed E-state index contributed by atoms with van der Waals surface area (Å²) in [5.41, 5.74) is 1.67. The van der Waals surface area contributed by atoms with Crippen LogP contribution in [0.1, 0.15) is 17.4 Å². The number of nitrogens with zero attached hydrogens (tertiary/aromatic N) is 4. The van der Waals surface area contributed by atoms with Crippen molar-refractivity contribution in [3.05, 3.63) is 59.4 Å². The highest BCUT2D eigenvalue weighted by Gasteiger charge is 2.28. The van der Waals surface area contributed by atoms with Crippen molar-refractivity contribution < 1.29 is 18.7 Å². The first-order chi connectivity index (χ1) is 14.6. The van der Waals surface area contributed by atoms with Gasteiger partial charge in [0.1, 0.15) is 5.69 Å². The Balaban J connectivity index is 1.58. The standard InChI is InChI=1S/C21H21ClN4O4/c1-2-29-21(28)25-10-8-24(9-11-25)20(27)17-14-18(19-7-4-12-30-19)26(23-17)16-6-3-5-15(22)13-16/h3-7,12-14H,2,8-11H2,1H3. The number of halogens is 1. The van der Waals surface area contributed by atoms with E-state index >= 15 is 0 Å². The molecule has 1 aliphatic heterocycles. The minimum atomic E-state index is -0.352. The molecule has 9 heteroatoms. The number of hydrogen-bond donors (Lipinski definition) is 0. The fourth-order valence-electron chi connectivity index (χ4n) is 3.36. The van der Waals surface area contributed by atoms with Crippen LogP contribution in [0.5, 0.6) is 0 Å². The average Bonchev–Trinajstić information content (AvgIpc) is 3.43. The maximum absolute atomic E-state index is 13.1. The number of carbonyl (C=O) groups is 2. The molecule has 1 aliphatic rings. The fraction of sp³-hybridized carbons (Fsp3) is 0.286. The molecule has 2 amide bonds. The van der Waals surface area contributed by atoms with Gasteiger partial charge in [0.2, 0.25) is 0 Å². The quantitative estimate of drug-likeness (QED) is 0.633. The zero-order valence-electron chi connectivity index (χ0n) is 16.5. The van der Waals surface area contributed by atoms with E-state index in [2.05, 4.69) is 5.10 Å². The molecule has 0 bridgehead atoms. The van der Waals surface area contributed by atoms with E-state index in [-0.39, 0.29) is 12.0 Å². The third-order valence-electron chi connectivity index (χ3n) is 4.85. The normalized spacial score (nSPS) is 14.1. The second-order valence-electron chi connectivity index (χ2n) is 6.76. The van der Waals surface area contributed by atoms with Crippen LogP contribution in [-0.2, 0) is 4.74 Å². The van der Waals surface area contributed by atoms with Crippen molar-refractivity contribution in [1.29, 1.82) is 0 Å². The van der Waals surface area contributed by atoms with E-state index < -0.39 is 0 Å². The first kappa shape index (κ1) is 20.0. The van der Waals surface area contributed by atoms with Gasteiger partial charge >= 0.3 is 6.09 Å². The predicted molar refractivity (Wildman–Crippen MR) is 111 cm³/mol. The van der Waals surface area contributed by atoms with Gasteiger partial charge in [0.25, 0.3) is 5.91 Å². The van der Waals surface area contributed by atoms with E-state index in [1.807, 2.05) is 18.2 Å². The zero-order chi connectivity index (χ0) is 21.1. The monoisotopic (exact) mass is 428 g/mol. The second-order valence-corrected chi connectivity index (χ2v) is 7.20. The molecule has 0 spiro atoms. The fourth-order valence-corrected chi connectivity index (χ4v) is 3.54. The Morgan fingerprint density at radius 3 is 2.53 bits per heavy atom. The minimum absolute atomic E-state index is 0.202. The molecule has 30 heavy (non-hydrogen) atoms. The van der Waals surface area contributed by atoms with Crippen LogP contribution in [-0.4, -0.2) is 64.4 Å². The molecule has 0 radical (unpaired) electrons. The Morgan fingerprint density at radius 1 is 1.10 bits per heavy atom. The summed E-state index contributed by atoms with van der Waals surface area (Å²) >= 11 is 6.14. The number of carbonyl (C=O) groups excluding carboxylic acids is 2. The van der Waals surface area contributed by atoms with E-state index in [9.17, 15) is 9.59 Å². The lowest BCUT2D eigenvalue weighted by atomic mass is 10.2. The van der Waals surface area contributed by atoms with Crippen molar-refractivity contribution in [2.24, 2.45) is 0 Å². The maximum atomic E-state index is 13.1. The van der Waals surface area contributed by atoms with Crippen molar-refractivity contribution in [1.82, 2.24) is 19.6 Å². The number of hydrogen-bond acceptors (Lipinski definition) is 5. The molecule has 1 saturated heterocycles. The molecule has 3 aromatic rings. The number of aromatic nitrogens is 2. The van der Waals surface area contributed by atoms with Gasteiger partial charge in [0.15, 0.2) is 11.5 Å². The van der Waals surface area contributed by atoms with Gasteiger partial charge in [-0.25, -0.2) is 9.48 Å². The summed E-state index contributed by atoms with van der Waals surface area (Å²) in [7, 11) is 0. The van der Waals surface area contributed by atoms with Crippen molar-refractivity contribution in [2.45, 2.75) is 6.92 Å². The smallest absolute Gasteiger partial charge is 0.409 e. The molecule has 3 heterocycles. The largest absolute Gasteiger partial charge is 0.463 e. The summed E-state index contributed by atoms with van der Waals surface area (Å²) in [6, 6.07) is 12.5. The molecule has 8 nitrogen and oxygen atoms in total. The third-order valence-corrected chi connectivity index (χ3v) is 5.08. The number of benzene rings is 1. The molecule has 4 rings (SSSR count). The third kappa shape index (κ3) is 4.04. The lowest BCUT2D eigenvalue weighted by Gasteiger charge is -2.33. The first-order valence-electron chi connectivity index (χ1n) is 9.67. The Morgan fingerprint density at radius 2 is 1.87 bits per heavy atom. The van der Waals surface area contributed by atoms with Crippen LogP contribution in [0, 0.1) is 0 Å². The molecule has 2 aromatic heterocycles. The van der Waals surface area contributed by atoms with E-state index in [0.29, 0.717) is 55.0 Å². The first-order valence-corrected chi connectivity index (χ1v) is 10.1. The highest BCUT2D eigenvalue weighted by atomic mass is 35.5. The van der Waals surface area contributed by atoms with E-state index in [1.165, 1.54) is 0 Å². The molecule has 0 atom stereocenters. The molecular formula is C21H21ClN4O4. The SMILES string of the molecule is CCOC(=O)N1CCN(C(=O)c2cc(-c3ccco3)n(-c3cccc(Cl)c3)n2)CC1. The van der Waals surface area contributed by atoms with Crippen LogP contribution < -0.4 is 0 Å². The van der Waals surface area contributed by atoms with Crippen molar-refractivity contribution in [2.75, 3.05) is 32.8 Å². The molecule has 0 N–H and O–H groups in total. The number of amides is 2. The van der Waals surface area contributed by atoms with Crippen LogP contribution in [0.15, 0.2) is 53.1 Å². The van der Waals surface area contributed by atoms with Crippen molar-refractivity contribution in [3.8, 4) is 17.1 Å². The van der Waals surface area contributed by atoms with Crippen LogP contribution in [0.2, 0.25) is 5.02 Å². The average molecular weight is 429 g/mol. The van der Waals surface area contributed by atoms with Gasteiger partial charge in [-0.1, -0.05) is 17.7 Å². The predicted octanol–water partition coefficient (Wildman–Crippen LogP) is 3.70. The van der Waals surface area contributed by atoms with Crippen molar-refractivity contribution in [3.63, 3.8) is 0 Å². The van der Waals surface area contributed by atoms with Crippen LogP contribution in [0.4, 0.5) is 4.79 Å². The molecule has 0 unspecified atom stereocenters. The number of furan rings is 1. The zero-order valence-corrected chi connectivity index (χ0v) is 17.2. The van der Waals surface area contributed by atoms with Gasteiger partial charge in [-0.3, -0.25) is 4.79 Å². The molecule has 0 saturated carbocycles. The number of ether oxygens (including phenoxy) is 1. The molecular weight excluding hydrogens is 408 g/mol. The summed E-state index contributed by atoms with van der Waals surface area (Å²) in [5, 5.41) is 5.10. The van der Waals surface area contributed by atoms with E-state index in [0.717, 1.165) is 5.69 Å². The molecule has 0 aliphatic carbocycles. The second kappa shape index (κ2) is 8.62. The van der Waals surface area contributed by atoms with Gasteiger partial charge in [0, 0.05) is 37.3 Å². The summed E-state index contributed by atoms with van der Waals surface area (Å²) in [4.78, 5) is 28.3. The van der Waals surface area contributed by atoms with Gasteiger partial charge in [0.05, 0.1) is 18.6 Å². The lowest BCUT2D eigenvalue weighted by Crippen LogP contribution is -2.50. The molecule has 1 aromatic carbocycles. The Labute approximate surface area is 178 Å². The highest BCUT2D eigenvalue weighted by molar-refractivity contribution is 6.30. The van der Waals surface area contributed by atoms with Crippen LogP contribution in [0.25, 0.3) is 17.1 Å². The summed E-state index contributed by atoms with van der Waals surface area (Å²) in [6.45, 7) is 3.77. The molecule has 156 valence electrons. The summed E-state index contributed by atoms with van der Waals surface area (Å²) in [5.74, 6) is 0.390. The van der Waals surface area contributed by atoms with E-state index in [4.69, 9.17) is 20.8 Å². The van der Waals surface area contributed by atoms with Gasteiger partial charge < -0.3 is 19.0 Å². The number of rotatable bonds is 4. The van der Waals surface area contributed by atoms with Gasteiger partial charge in [-0.2, -0.15) is 5.10 Å². The Kier molecular flexibility index (Phi) is 5.76. The maximum Gasteiger partial charge on any atom is 0.409 e. The van der Waals surface area contributed by atoms with E-state index in [1.54, 1.807) is 51.9 Å². The lowest BCUT2D eigenvalue weighted by molar-refractivity contribution is 0.0565. The van der Waals surface area contributed by atoms with Crippen LogP contribution in [0.3, 0.4) is 0 Å².